The lowest BCUT2D eigenvalue weighted by molar-refractivity contribution is 0.314. The van der Waals surface area contributed by atoms with Crippen molar-refractivity contribution in [3.8, 4) is 0 Å². The molecule has 0 fully saturated rings. The number of fused-ring (bicyclic) bond motifs is 1. The number of rotatable bonds is 4. The summed E-state index contributed by atoms with van der Waals surface area (Å²) in [4.78, 5) is 8.68. The molecule has 0 aliphatic rings. The predicted molar refractivity (Wildman–Crippen MR) is 91.5 cm³/mol. The summed E-state index contributed by atoms with van der Waals surface area (Å²) in [6, 6.07) is 14.1. The highest BCUT2D eigenvalue weighted by molar-refractivity contribution is 5.79. The Morgan fingerprint density at radius 1 is 0.880 bits per heavy atom. The normalized spacial score (nSPS) is 10.8. The van der Waals surface area contributed by atoms with Gasteiger partial charge in [-0.15, -0.1) is 0 Å². The lowest BCUT2D eigenvalue weighted by Crippen LogP contribution is -2.04. The van der Waals surface area contributed by atoms with Crippen molar-refractivity contribution in [2.24, 2.45) is 0 Å². The predicted octanol–water partition coefficient (Wildman–Crippen LogP) is 3.95. The molecule has 0 radical (unpaired) electrons. The van der Waals surface area contributed by atoms with Crippen LogP contribution >= 0.6 is 0 Å². The Labute approximate surface area is 141 Å². The van der Waals surface area contributed by atoms with Crippen LogP contribution in [-0.2, 0) is 0 Å². The zero-order valence-corrected chi connectivity index (χ0v) is 13.2. The van der Waals surface area contributed by atoms with Crippen LogP contribution in [0.15, 0.2) is 53.2 Å². The van der Waals surface area contributed by atoms with Crippen LogP contribution in [0.1, 0.15) is 5.56 Å². The van der Waals surface area contributed by atoms with Crippen molar-refractivity contribution in [1.29, 1.82) is 0 Å². The van der Waals surface area contributed by atoms with E-state index in [2.05, 4.69) is 35.5 Å². The average Bonchev–Trinajstić information content (AvgIpc) is 3.04. The number of hydrogen-bond acceptors (Lipinski definition) is 7. The van der Waals surface area contributed by atoms with Crippen molar-refractivity contribution in [1.82, 2.24) is 20.3 Å². The molecule has 0 unspecified atom stereocenters. The van der Waals surface area contributed by atoms with E-state index < -0.39 is 5.82 Å². The lowest BCUT2D eigenvalue weighted by atomic mass is 10.2. The quantitative estimate of drug-likeness (QED) is 0.583. The van der Waals surface area contributed by atoms with Gasteiger partial charge in [-0.2, -0.15) is 0 Å². The number of anilines is 4. The Hall–Kier alpha value is -3.55. The largest absolute Gasteiger partial charge is 0.337 e. The molecule has 2 aromatic carbocycles. The fraction of sp³-hybridized carbons (Fsp3) is 0.0588. The molecule has 0 bridgehead atoms. The third kappa shape index (κ3) is 3.09. The van der Waals surface area contributed by atoms with Gasteiger partial charge >= 0.3 is 0 Å². The molecule has 0 saturated heterocycles. The summed E-state index contributed by atoms with van der Waals surface area (Å²) in [5, 5.41) is 13.5. The molecule has 2 heterocycles. The van der Waals surface area contributed by atoms with Crippen LogP contribution in [0.2, 0.25) is 0 Å². The Balaban J connectivity index is 1.77. The van der Waals surface area contributed by atoms with Gasteiger partial charge in [-0.25, -0.2) is 19.0 Å². The zero-order valence-electron chi connectivity index (χ0n) is 13.2. The molecule has 0 amide bonds. The summed E-state index contributed by atoms with van der Waals surface area (Å²) in [6.07, 6.45) is 0. The number of hydrogen-bond donors (Lipinski definition) is 2. The standard InChI is InChI=1S/C17H13FN6O/c1-10-5-4-6-11(9-10)19-14-15(20-13-8-3-2-7-12(13)18)22-17-16(21-14)23-25-24-17/h2-9H,1H3,(H,19,21,23)(H,20,22,24). The summed E-state index contributed by atoms with van der Waals surface area (Å²) in [5.41, 5.74) is 2.68. The van der Waals surface area contributed by atoms with Crippen LogP contribution in [-0.4, -0.2) is 20.3 Å². The first-order chi connectivity index (χ1) is 12.2. The Kier molecular flexibility index (Phi) is 3.70. The maximum atomic E-state index is 14.0. The molecule has 0 spiro atoms. The van der Waals surface area contributed by atoms with E-state index in [-0.39, 0.29) is 17.0 Å². The van der Waals surface area contributed by atoms with Crippen molar-refractivity contribution in [2.75, 3.05) is 10.6 Å². The molecule has 8 heteroatoms. The van der Waals surface area contributed by atoms with Crippen LogP contribution < -0.4 is 10.6 Å². The summed E-state index contributed by atoms with van der Waals surface area (Å²) in [5.74, 6) is 0.302. The lowest BCUT2D eigenvalue weighted by Gasteiger charge is -2.12. The maximum Gasteiger partial charge on any atom is 0.245 e. The first-order valence-corrected chi connectivity index (χ1v) is 7.54. The van der Waals surface area contributed by atoms with E-state index >= 15 is 0 Å². The molecule has 4 rings (SSSR count). The highest BCUT2D eigenvalue weighted by Gasteiger charge is 2.14. The van der Waals surface area contributed by atoms with Gasteiger partial charge in [0.2, 0.25) is 11.3 Å². The van der Waals surface area contributed by atoms with E-state index in [9.17, 15) is 4.39 Å². The first kappa shape index (κ1) is 15.0. The van der Waals surface area contributed by atoms with Gasteiger partial charge in [0, 0.05) is 5.69 Å². The van der Waals surface area contributed by atoms with E-state index in [0.29, 0.717) is 11.6 Å². The molecule has 0 saturated carbocycles. The van der Waals surface area contributed by atoms with E-state index in [4.69, 9.17) is 0 Å². The topological polar surface area (TPSA) is 88.8 Å². The number of nitrogens with one attached hydrogen (secondary N) is 2. The summed E-state index contributed by atoms with van der Waals surface area (Å²) < 4.78 is 18.6. The second kappa shape index (κ2) is 6.16. The van der Waals surface area contributed by atoms with Crippen molar-refractivity contribution < 1.29 is 9.02 Å². The van der Waals surface area contributed by atoms with Gasteiger partial charge in [0.25, 0.3) is 0 Å². The van der Waals surface area contributed by atoms with E-state index in [1.807, 2.05) is 31.2 Å². The minimum atomic E-state index is -0.399. The Bertz CT molecular complexity index is 1050. The molecule has 0 aliphatic heterocycles. The van der Waals surface area contributed by atoms with Gasteiger partial charge in [0.1, 0.15) is 5.82 Å². The monoisotopic (exact) mass is 336 g/mol. The molecule has 0 atom stereocenters. The maximum absolute atomic E-state index is 14.0. The molecule has 124 valence electrons. The Morgan fingerprint density at radius 3 is 2.32 bits per heavy atom. The van der Waals surface area contributed by atoms with Gasteiger partial charge in [0.15, 0.2) is 11.6 Å². The highest BCUT2D eigenvalue weighted by atomic mass is 19.1. The number of halogens is 1. The molecule has 2 N–H and O–H groups in total. The minimum Gasteiger partial charge on any atom is -0.337 e. The van der Waals surface area contributed by atoms with Crippen molar-refractivity contribution >= 4 is 34.3 Å². The van der Waals surface area contributed by atoms with Crippen molar-refractivity contribution in [3.05, 3.63) is 59.9 Å². The second-order valence-corrected chi connectivity index (χ2v) is 5.43. The van der Waals surface area contributed by atoms with Crippen LogP contribution in [0.3, 0.4) is 0 Å². The van der Waals surface area contributed by atoms with Crippen molar-refractivity contribution in [3.63, 3.8) is 0 Å². The van der Waals surface area contributed by atoms with Gasteiger partial charge in [0.05, 0.1) is 5.69 Å². The first-order valence-electron chi connectivity index (χ1n) is 7.54. The van der Waals surface area contributed by atoms with Gasteiger partial charge in [-0.05, 0) is 47.1 Å². The molecule has 7 nitrogen and oxygen atoms in total. The van der Waals surface area contributed by atoms with Gasteiger partial charge in [-0.3, -0.25) is 0 Å². The van der Waals surface area contributed by atoms with E-state index in [0.717, 1.165) is 11.3 Å². The van der Waals surface area contributed by atoms with Crippen LogP contribution in [0.4, 0.5) is 27.4 Å². The van der Waals surface area contributed by atoms with Gasteiger partial charge in [-0.1, -0.05) is 24.3 Å². The Morgan fingerprint density at radius 2 is 1.60 bits per heavy atom. The third-order valence-corrected chi connectivity index (χ3v) is 3.52. The highest BCUT2D eigenvalue weighted by Crippen LogP contribution is 2.27. The number of aromatic nitrogens is 4. The molecular formula is C17H13FN6O. The molecule has 2 aromatic heterocycles. The molecular weight excluding hydrogens is 323 g/mol. The zero-order chi connectivity index (χ0) is 17.2. The van der Waals surface area contributed by atoms with E-state index in [1.165, 1.54) is 6.07 Å². The number of nitrogens with zero attached hydrogens (tertiary/aromatic N) is 4. The summed E-state index contributed by atoms with van der Waals surface area (Å²) in [7, 11) is 0. The van der Waals surface area contributed by atoms with Gasteiger partial charge < -0.3 is 10.6 Å². The SMILES string of the molecule is Cc1cccc(Nc2nc3nonc3nc2Nc2ccccc2F)c1. The fourth-order valence-electron chi connectivity index (χ4n) is 2.36. The van der Waals surface area contributed by atoms with Crippen molar-refractivity contribution in [2.45, 2.75) is 6.92 Å². The van der Waals surface area contributed by atoms with Crippen LogP contribution in [0, 0.1) is 12.7 Å². The summed E-state index contributed by atoms with van der Waals surface area (Å²) in [6.45, 7) is 1.99. The number of para-hydroxylation sites is 1. The van der Waals surface area contributed by atoms with Crippen LogP contribution in [0.5, 0.6) is 0 Å². The number of benzene rings is 2. The summed E-state index contributed by atoms with van der Waals surface area (Å²) >= 11 is 0. The smallest absolute Gasteiger partial charge is 0.245 e. The fourth-order valence-corrected chi connectivity index (χ4v) is 2.36. The minimum absolute atomic E-state index is 0.230. The average molecular weight is 336 g/mol. The third-order valence-electron chi connectivity index (χ3n) is 3.52. The van der Waals surface area contributed by atoms with E-state index in [1.54, 1.807) is 18.2 Å². The molecule has 0 aliphatic carbocycles. The molecule has 4 aromatic rings. The molecule has 25 heavy (non-hydrogen) atoms. The number of aryl methyl sites for hydroxylation is 1. The van der Waals surface area contributed by atoms with Crippen LogP contribution in [0.25, 0.3) is 11.3 Å². The second-order valence-electron chi connectivity index (χ2n) is 5.43.